The van der Waals surface area contributed by atoms with Gasteiger partial charge in [-0.05, 0) is 37.2 Å². The Balaban J connectivity index is 2.15. The molecule has 0 fully saturated rings. The zero-order valence-corrected chi connectivity index (χ0v) is 9.74. The van der Waals surface area contributed by atoms with Crippen LogP contribution in [0.2, 0.25) is 0 Å². The van der Waals surface area contributed by atoms with Crippen molar-refractivity contribution < 1.29 is 8.91 Å². The van der Waals surface area contributed by atoms with Gasteiger partial charge in [0.2, 0.25) is 0 Å². The molecule has 0 saturated heterocycles. The minimum atomic E-state index is -0.251. The van der Waals surface area contributed by atoms with Gasteiger partial charge in [0.1, 0.15) is 5.82 Å². The Bertz CT molecular complexity index is 465. The van der Waals surface area contributed by atoms with Crippen molar-refractivity contribution in [2.75, 3.05) is 6.54 Å². The normalized spacial score (nSPS) is 10.7. The molecule has 0 spiro atoms. The molecule has 0 atom stereocenters. The van der Waals surface area contributed by atoms with Gasteiger partial charge in [0.25, 0.3) is 0 Å². The number of rotatable bonds is 5. The summed E-state index contributed by atoms with van der Waals surface area (Å²) in [6, 6.07) is 6.22. The largest absolute Gasteiger partial charge is 0.356 e. The smallest absolute Gasteiger partial charge is 0.171 e. The number of nitrogens with zero attached hydrogens (tertiary/aromatic N) is 1. The molecule has 0 radical (unpaired) electrons. The summed E-state index contributed by atoms with van der Waals surface area (Å²) in [4.78, 5) is 0. The van der Waals surface area contributed by atoms with Crippen LogP contribution in [0.15, 0.2) is 35.0 Å². The van der Waals surface area contributed by atoms with Crippen LogP contribution >= 0.6 is 0 Å². The van der Waals surface area contributed by atoms with Gasteiger partial charge in [-0.2, -0.15) is 0 Å². The Morgan fingerprint density at radius 2 is 2.06 bits per heavy atom. The van der Waals surface area contributed by atoms with Crippen molar-refractivity contribution in [1.29, 1.82) is 0 Å². The second-order valence-corrected chi connectivity index (χ2v) is 3.86. The van der Waals surface area contributed by atoms with Gasteiger partial charge in [0.15, 0.2) is 5.76 Å². The van der Waals surface area contributed by atoms with Crippen molar-refractivity contribution in [1.82, 2.24) is 10.5 Å². The lowest BCUT2D eigenvalue weighted by Crippen LogP contribution is -2.13. The molecule has 2 rings (SSSR count). The maximum absolute atomic E-state index is 12.8. The molecular weight excluding hydrogens is 219 g/mol. The molecule has 1 N–H and O–H groups in total. The Hall–Kier alpha value is -1.68. The summed E-state index contributed by atoms with van der Waals surface area (Å²) in [5.74, 6) is 0.451. The molecule has 0 amide bonds. The summed E-state index contributed by atoms with van der Waals surface area (Å²) in [6.45, 7) is 3.78. The molecule has 1 heterocycles. The first-order valence-corrected chi connectivity index (χ1v) is 5.71. The van der Waals surface area contributed by atoms with Crippen LogP contribution in [0.1, 0.15) is 18.9 Å². The molecule has 1 aromatic heterocycles. The molecule has 0 saturated carbocycles. The van der Waals surface area contributed by atoms with Crippen LogP contribution < -0.4 is 5.32 Å². The highest BCUT2D eigenvalue weighted by Crippen LogP contribution is 2.23. The number of nitrogens with one attached hydrogen (secondary N) is 1. The van der Waals surface area contributed by atoms with Gasteiger partial charge in [-0.15, -0.1) is 0 Å². The fraction of sp³-hybridized carbons (Fsp3) is 0.308. The number of benzene rings is 1. The minimum Gasteiger partial charge on any atom is -0.356 e. The van der Waals surface area contributed by atoms with E-state index in [1.54, 1.807) is 18.3 Å². The predicted molar refractivity (Wildman–Crippen MR) is 63.9 cm³/mol. The third-order valence-corrected chi connectivity index (χ3v) is 2.49. The highest BCUT2D eigenvalue weighted by Gasteiger charge is 2.10. The van der Waals surface area contributed by atoms with Gasteiger partial charge >= 0.3 is 0 Å². The van der Waals surface area contributed by atoms with Gasteiger partial charge in [-0.3, -0.25) is 0 Å². The van der Waals surface area contributed by atoms with Crippen LogP contribution in [-0.2, 0) is 6.54 Å². The van der Waals surface area contributed by atoms with Crippen LogP contribution in [0.25, 0.3) is 11.3 Å². The van der Waals surface area contributed by atoms with Gasteiger partial charge < -0.3 is 9.84 Å². The van der Waals surface area contributed by atoms with Gasteiger partial charge in [0.05, 0.1) is 6.20 Å². The third kappa shape index (κ3) is 2.91. The summed E-state index contributed by atoms with van der Waals surface area (Å²) in [5, 5.41) is 7.08. The highest BCUT2D eigenvalue weighted by atomic mass is 19.1. The quantitative estimate of drug-likeness (QED) is 0.808. The predicted octanol–water partition coefficient (Wildman–Crippen LogP) is 2.98. The van der Waals surface area contributed by atoms with Crippen molar-refractivity contribution in [2.24, 2.45) is 0 Å². The first kappa shape index (κ1) is 11.8. The maximum atomic E-state index is 12.8. The van der Waals surface area contributed by atoms with Crippen molar-refractivity contribution >= 4 is 0 Å². The van der Waals surface area contributed by atoms with Gasteiger partial charge in [0, 0.05) is 17.7 Å². The van der Waals surface area contributed by atoms with E-state index in [1.165, 1.54) is 12.1 Å². The maximum Gasteiger partial charge on any atom is 0.171 e. The molecule has 0 aliphatic rings. The van der Waals surface area contributed by atoms with Crippen LogP contribution in [0.4, 0.5) is 4.39 Å². The van der Waals surface area contributed by atoms with E-state index >= 15 is 0 Å². The minimum absolute atomic E-state index is 0.251. The molecule has 0 aliphatic heterocycles. The van der Waals surface area contributed by atoms with Crippen molar-refractivity contribution in [3.63, 3.8) is 0 Å². The number of halogens is 1. The second kappa shape index (κ2) is 5.59. The van der Waals surface area contributed by atoms with E-state index in [4.69, 9.17) is 4.52 Å². The lowest BCUT2D eigenvalue weighted by molar-refractivity contribution is 0.431. The third-order valence-electron chi connectivity index (χ3n) is 2.49. The van der Waals surface area contributed by atoms with Crippen LogP contribution in [-0.4, -0.2) is 11.7 Å². The Morgan fingerprint density at radius 3 is 2.76 bits per heavy atom. The van der Waals surface area contributed by atoms with E-state index in [0.717, 1.165) is 24.1 Å². The molecular formula is C13H15FN2O. The summed E-state index contributed by atoms with van der Waals surface area (Å²) in [6.07, 6.45) is 2.78. The Morgan fingerprint density at radius 1 is 1.29 bits per heavy atom. The number of aromatic nitrogens is 1. The van der Waals surface area contributed by atoms with E-state index < -0.39 is 0 Å². The van der Waals surface area contributed by atoms with Crippen molar-refractivity contribution in [3.05, 3.63) is 41.8 Å². The standard InChI is InChI=1S/C13H15FN2O/c1-2-7-15-8-11-9-16-17-13(11)10-3-5-12(14)6-4-10/h3-6,9,15H,2,7-8H2,1H3. The fourth-order valence-corrected chi connectivity index (χ4v) is 1.63. The van der Waals surface area contributed by atoms with Crippen LogP contribution in [0, 0.1) is 5.82 Å². The number of hydrogen-bond acceptors (Lipinski definition) is 3. The number of hydrogen-bond donors (Lipinski definition) is 1. The summed E-state index contributed by atoms with van der Waals surface area (Å²) in [5.41, 5.74) is 1.84. The molecule has 0 bridgehead atoms. The summed E-state index contributed by atoms with van der Waals surface area (Å²) >= 11 is 0. The highest BCUT2D eigenvalue weighted by molar-refractivity contribution is 5.60. The second-order valence-electron chi connectivity index (χ2n) is 3.86. The Labute approximate surface area is 99.6 Å². The SMILES string of the molecule is CCCNCc1cnoc1-c1ccc(F)cc1. The monoisotopic (exact) mass is 234 g/mol. The molecule has 4 heteroatoms. The van der Waals surface area contributed by atoms with Crippen LogP contribution in [0.5, 0.6) is 0 Å². The average molecular weight is 234 g/mol. The molecule has 17 heavy (non-hydrogen) atoms. The van der Waals surface area contributed by atoms with Crippen molar-refractivity contribution in [2.45, 2.75) is 19.9 Å². The zero-order valence-electron chi connectivity index (χ0n) is 9.74. The van der Waals surface area contributed by atoms with E-state index in [0.29, 0.717) is 12.3 Å². The van der Waals surface area contributed by atoms with Gasteiger partial charge in [-0.1, -0.05) is 12.1 Å². The lowest BCUT2D eigenvalue weighted by atomic mass is 10.1. The van der Waals surface area contributed by atoms with E-state index in [2.05, 4.69) is 17.4 Å². The molecule has 0 aliphatic carbocycles. The van der Waals surface area contributed by atoms with Gasteiger partial charge in [-0.25, -0.2) is 4.39 Å². The summed E-state index contributed by atoms with van der Waals surface area (Å²) in [7, 11) is 0. The molecule has 3 nitrogen and oxygen atoms in total. The van der Waals surface area contributed by atoms with E-state index in [-0.39, 0.29) is 5.82 Å². The topological polar surface area (TPSA) is 38.1 Å². The van der Waals surface area contributed by atoms with Crippen LogP contribution in [0.3, 0.4) is 0 Å². The summed E-state index contributed by atoms with van der Waals surface area (Å²) < 4.78 is 18.0. The zero-order chi connectivity index (χ0) is 12.1. The Kier molecular flexibility index (Phi) is 3.88. The molecule has 90 valence electrons. The first-order chi connectivity index (χ1) is 8.31. The molecule has 0 unspecified atom stereocenters. The van der Waals surface area contributed by atoms with E-state index in [9.17, 15) is 4.39 Å². The molecule has 1 aromatic carbocycles. The van der Waals surface area contributed by atoms with Crippen molar-refractivity contribution in [3.8, 4) is 11.3 Å². The lowest BCUT2D eigenvalue weighted by Gasteiger charge is -2.02. The molecule has 2 aromatic rings. The van der Waals surface area contributed by atoms with E-state index in [1.807, 2.05) is 0 Å². The first-order valence-electron chi connectivity index (χ1n) is 5.71. The fourth-order valence-electron chi connectivity index (χ4n) is 1.63. The average Bonchev–Trinajstić information content (AvgIpc) is 2.79.